The molecule has 0 atom stereocenters. The van der Waals surface area contributed by atoms with Gasteiger partial charge in [0.25, 0.3) is 0 Å². The molecule has 1 aliphatic carbocycles. The zero-order chi connectivity index (χ0) is 11.1. The Hall–Kier alpha value is -0.600. The molecule has 0 saturated heterocycles. The summed E-state index contributed by atoms with van der Waals surface area (Å²) in [5.41, 5.74) is 4.97. The number of para-hydroxylation sites is 1. The first-order valence-electron chi connectivity index (χ1n) is 5.46. The van der Waals surface area contributed by atoms with Crippen LogP contribution in [0.15, 0.2) is 22.7 Å². The van der Waals surface area contributed by atoms with Crippen molar-refractivity contribution in [2.45, 2.75) is 25.1 Å². The first kappa shape index (κ1) is 10.5. The number of pyridine rings is 1. The molecule has 1 heterocycles. The second kappa shape index (κ2) is 4.01. The molecule has 0 unspecified atom stereocenters. The molecular weight excluding hydrogens is 286 g/mol. The van der Waals surface area contributed by atoms with Crippen molar-refractivity contribution in [3.63, 3.8) is 0 Å². The number of alkyl halides is 1. The van der Waals surface area contributed by atoms with Crippen LogP contribution in [-0.2, 0) is 18.7 Å². The summed E-state index contributed by atoms with van der Waals surface area (Å²) < 4.78 is 1.06. The third-order valence-corrected chi connectivity index (χ3v) is 4.15. The van der Waals surface area contributed by atoms with Crippen molar-refractivity contribution in [2.24, 2.45) is 0 Å². The van der Waals surface area contributed by atoms with Crippen LogP contribution in [0.2, 0.25) is 0 Å². The average molecular weight is 297 g/mol. The lowest BCUT2D eigenvalue weighted by molar-refractivity contribution is 0.899. The average Bonchev–Trinajstić information content (AvgIpc) is 2.75. The van der Waals surface area contributed by atoms with Gasteiger partial charge in [0.1, 0.15) is 0 Å². The van der Waals surface area contributed by atoms with Gasteiger partial charge in [-0.2, -0.15) is 0 Å². The van der Waals surface area contributed by atoms with Crippen LogP contribution in [0.4, 0.5) is 0 Å². The van der Waals surface area contributed by atoms with E-state index in [2.05, 4.69) is 22.0 Å². The van der Waals surface area contributed by atoms with Crippen molar-refractivity contribution < 1.29 is 0 Å². The molecular formula is C13H11BrClN. The maximum absolute atomic E-state index is 6.10. The first-order chi connectivity index (χ1) is 7.81. The number of rotatable bonds is 1. The lowest BCUT2D eigenvalue weighted by Crippen LogP contribution is -1.97. The molecule has 0 N–H and O–H groups in total. The molecule has 1 nitrogen and oxygen atoms in total. The van der Waals surface area contributed by atoms with Crippen molar-refractivity contribution in [3.05, 3.63) is 39.5 Å². The lowest BCUT2D eigenvalue weighted by atomic mass is 10.0. The summed E-state index contributed by atoms with van der Waals surface area (Å²) in [7, 11) is 0. The number of hydrogen-bond acceptors (Lipinski definition) is 1. The summed E-state index contributed by atoms with van der Waals surface area (Å²) in [6, 6.07) is 6.20. The molecule has 2 aromatic rings. The SMILES string of the molecule is ClCc1c2c(nc3c(Br)cccc13)CCC2. The van der Waals surface area contributed by atoms with E-state index >= 15 is 0 Å². The number of aromatic nitrogens is 1. The van der Waals surface area contributed by atoms with Gasteiger partial charge < -0.3 is 0 Å². The highest BCUT2D eigenvalue weighted by molar-refractivity contribution is 9.10. The molecule has 82 valence electrons. The Morgan fingerprint density at radius 3 is 3.00 bits per heavy atom. The van der Waals surface area contributed by atoms with Crippen LogP contribution in [0, 0.1) is 0 Å². The van der Waals surface area contributed by atoms with Gasteiger partial charge in [0, 0.05) is 21.4 Å². The minimum absolute atomic E-state index is 0.581. The molecule has 0 bridgehead atoms. The van der Waals surface area contributed by atoms with E-state index in [0.717, 1.165) is 22.8 Å². The predicted molar refractivity (Wildman–Crippen MR) is 71.0 cm³/mol. The molecule has 0 amide bonds. The molecule has 3 rings (SSSR count). The van der Waals surface area contributed by atoms with Crippen LogP contribution in [0.1, 0.15) is 23.2 Å². The van der Waals surface area contributed by atoms with Crippen molar-refractivity contribution >= 4 is 38.4 Å². The van der Waals surface area contributed by atoms with Gasteiger partial charge in [-0.05, 0) is 52.4 Å². The van der Waals surface area contributed by atoms with E-state index in [1.54, 1.807) is 0 Å². The highest BCUT2D eigenvalue weighted by Crippen LogP contribution is 2.33. The van der Waals surface area contributed by atoms with Crippen LogP contribution in [0.3, 0.4) is 0 Å². The molecule has 1 aromatic carbocycles. The first-order valence-corrected chi connectivity index (χ1v) is 6.79. The summed E-state index contributed by atoms with van der Waals surface area (Å²) in [4.78, 5) is 4.76. The molecule has 16 heavy (non-hydrogen) atoms. The molecule has 1 aromatic heterocycles. The molecule has 1 aliphatic rings. The number of halogens is 2. The third-order valence-electron chi connectivity index (χ3n) is 3.25. The maximum Gasteiger partial charge on any atom is 0.0850 e. The molecule has 3 heteroatoms. The van der Waals surface area contributed by atoms with E-state index in [1.165, 1.54) is 28.6 Å². The summed E-state index contributed by atoms with van der Waals surface area (Å²) in [6.45, 7) is 0. The van der Waals surface area contributed by atoms with Crippen molar-refractivity contribution in [3.8, 4) is 0 Å². The van der Waals surface area contributed by atoms with Gasteiger partial charge in [0.2, 0.25) is 0 Å². The Balaban J connectivity index is 2.44. The second-order valence-corrected chi connectivity index (χ2v) is 5.26. The Labute approximate surface area is 108 Å². The van der Waals surface area contributed by atoms with Gasteiger partial charge in [-0.15, -0.1) is 11.6 Å². The zero-order valence-corrected chi connectivity index (χ0v) is 11.1. The van der Waals surface area contributed by atoms with Crippen LogP contribution >= 0.6 is 27.5 Å². The van der Waals surface area contributed by atoms with Crippen LogP contribution in [0.5, 0.6) is 0 Å². The van der Waals surface area contributed by atoms with Crippen molar-refractivity contribution in [1.82, 2.24) is 4.98 Å². The number of fused-ring (bicyclic) bond motifs is 2. The molecule has 0 saturated carbocycles. The highest BCUT2D eigenvalue weighted by Gasteiger charge is 2.19. The predicted octanol–water partition coefficient (Wildman–Crippen LogP) is 4.22. The fourth-order valence-electron chi connectivity index (χ4n) is 2.50. The van der Waals surface area contributed by atoms with Crippen LogP contribution in [-0.4, -0.2) is 4.98 Å². The Morgan fingerprint density at radius 1 is 1.31 bits per heavy atom. The second-order valence-electron chi connectivity index (χ2n) is 4.14. The summed E-state index contributed by atoms with van der Waals surface area (Å²) >= 11 is 9.66. The van der Waals surface area contributed by atoms with Gasteiger partial charge in [0.15, 0.2) is 0 Å². The summed E-state index contributed by atoms with van der Waals surface area (Å²) in [5.74, 6) is 0.581. The van der Waals surface area contributed by atoms with E-state index in [1.807, 2.05) is 12.1 Å². The fourth-order valence-corrected chi connectivity index (χ4v) is 3.26. The molecule has 0 radical (unpaired) electrons. The third kappa shape index (κ3) is 1.47. The van der Waals surface area contributed by atoms with E-state index in [9.17, 15) is 0 Å². The van der Waals surface area contributed by atoms with Gasteiger partial charge in [-0.25, -0.2) is 0 Å². The van der Waals surface area contributed by atoms with Crippen LogP contribution in [0.25, 0.3) is 10.9 Å². The Kier molecular flexibility index (Phi) is 2.64. The van der Waals surface area contributed by atoms with Crippen molar-refractivity contribution in [2.75, 3.05) is 0 Å². The van der Waals surface area contributed by atoms with Gasteiger partial charge in [0.05, 0.1) is 5.52 Å². The van der Waals surface area contributed by atoms with Gasteiger partial charge in [-0.1, -0.05) is 12.1 Å². The summed E-state index contributed by atoms with van der Waals surface area (Å²) in [5, 5.41) is 1.20. The van der Waals surface area contributed by atoms with Gasteiger partial charge in [-0.3, -0.25) is 4.98 Å². The zero-order valence-electron chi connectivity index (χ0n) is 8.76. The molecule has 0 fully saturated rings. The standard InChI is InChI=1S/C13H11BrClN/c14-11-5-1-4-9-10(7-15)8-3-2-6-12(8)16-13(9)11/h1,4-5H,2-3,6-7H2. The monoisotopic (exact) mass is 295 g/mol. The van der Waals surface area contributed by atoms with E-state index in [-0.39, 0.29) is 0 Å². The molecule has 0 aliphatic heterocycles. The lowest BCUT2D eigenvalue weighted by Gasteiger charge is -2.10. The number of hydrogen-bond donors (Lipinski definition) is 0. The van der Waals surface area contributed by atoms with E-state index < -0.39 is 0 Å². The quantitative estimate of drug-likeness (QED) is 0.718. The van der Waals surface area contributed by atoms with Crippen molar-refractivity contribution in [1.29, 1.82) is 0 Å². The minimum Gasteiger partial charge on any atom is -0.251 e. The highest BCUT2D eigenvalue weighted by atomic mass is 79.9. The minimum atomic E-state index is 0.581. The molecule has 0 spiro atoms. The fraction of sp³-hybridized carbons (Fsp3) is 0.308. The maximum atomic E-state index is 6.10. The largest absolute Gasteiger partial charge is 0.251 e. The van der Waals surface area contributed by atoms with E-state index in [4.69, 9.17) is 16.6 Å². The van der Waals surface area contributed by atoms with E-state index in [0.29, 0.717) is 5.88 Å². The van der Waals surface area contributed by atoms with Gasteiger partial charge >= 0.3 is 0 Å². The smallest absolute Gasteiger partial charge is 0.0850 e. The topological polar surface area (TPSA) is 12.9 Å². The summed E-state index contributed by atoms with van der Waals surface area (Å²) in [6.07, 6.45) is 3.43. The van der Waals surface area contributed by atoms with Crippen LogP contribution < -0.4 is 0 Å². The normalized spacial score (nSPS) is 14.4. The Morgan fingerprint density at radius 2 is 2.19 bits per heavy atom. The number of nitrogens with zero attached hydrogens (tertiary/aromatic N) is 1. The number of aryl methyl sites for hydroxylation is 1. The number of benzene rings is 1. The Bertz CT molecular complexity index is 565.